The molecule has 0 spiro atoms. The lowest BCUT2D eigenvalue weighted by Gasteiger charge is -2.33. The molecule has 1 aliphatic rings. The summed E-state index contributed by atoms with van der Waals surface area (Å²) in [4.78, 5) is 21.9. The van der Waals surface area contributed by atoms with Crippen LogP contribution in [0.2, 0.25) is 0 Å². The van der Waals surface area contributed by atoms with Crippen LogP contribution in [0.15, 0.2) is 48.5 Å². The molecule has 1 saturated heterocycles. The Morgan fingerprint density at radius 1 is 1.03 bits per heavy atom. The number of anilines is 2. The normalized spacial score (nSPS) is 14.7. The quantitative estimate of drug-likeness (QED) is 0.704. The molecule has 6 nitrogen and oxygen atoms in total. The van der Waals surface area contributed by atoms with Gasteiger partial charge in [-0.1, -0.05) is 18.2 Å². The van der Waals surface area contributed by atoms with Crippen molar-refractivity contribution in [3.05, 3.63) is 59.7 Å². The molecule has 1 aliphatic heterocycles. The van der Waals surface area contributed by atoms with Gasteiger partial charge in [0, 0.05) is 37.3 Å². The van der Waals surface area contributed by atoms with Crippen LogP contribution >= 0.6 is 0 Å². The lowest BCUT2D eigenvalue weighted by molar-refractivity contribution is -0.118. The van der Waals surface area contributed by atoms with Crippen molar-refractivity contribution >= 4 is 28.3 Å². The number of fused-ring (bicyclic) bond motifs is 1. The van der Waals surface area contributed by atoms with Crippen LogP contribution in [0.4, 0.5) is 11.5 Å². The molecule has 1 fully saturated rings. The summed E-state index contributed by atoms with van der Waals surface area (Å²) < 4.78 is 5.64. The number of ether oxygens (including phenoxy) is 1. The summed E-state index contributed by atoms with van der Waals surface area (Å²) in [5.41, 5.74) is 3.85. The lowest BCUT2D eigenvalue weighted by Crippen LogP contribution is -2.44. The van der Waals surface area contributed by atoms with Gasteiger partial charge in [-0.2, -0.15) is 0 Å². The predicted octanol–water partition coefficient (Wildman–Crippen LogP) is 3.62. The maximum atomic E-state index is 12.3. The summed E-state index contributed by atoms with van der Waals surface area (Å²) in [5.74, 6) is 1.57. The SMILES string of the molecule is Cc1ccccc1OCC(=O)Nc1ccc2nc(N3CCN(C)CC3)cc(C)c2c1. The fourth-order valence-electron chi connectivity index (χ4n) is 3.71. The van der Waals surface area contributed by atoms with Crippen LogP contribution in [0.25, 0.3) is 10.9 Å². The Balaban J connectivity index is 1.45. The van der Waals surface area contributed by atoms with Gasteiger partial charge in [-0.25, -0.2) is 4.98 Å². The average molecular weight is 405 g/mol. The number of nitrogens with zero attached hydrogens (tertiary/aromatic N) is 3. The van der Waals surface area contributed by atoms with Gasteiger partial charge in [0.1, 0.15) is 11.6 Å². The van der Waals surface area contributed by atoms with Crippen LogP contribution in [-0.4, -0.2) is 55.6 Å². The maximum Gasteiger partial charge on any atom is 0.262 e. The number of aromatic nitrogens is 1. The van der Waals surface area contributed by atoms with E-state index >= 15 is 0 Å². The highest BCUT2D eigenvalue weighted by atomic mass is 16.5. The number of hydrogen-bond acceptors (Lipinski definition) is 5. The van der Waals surface area contributed by atoms with E-state index in [2.05, 4.69) is 35.2 Å². The number of rotatable bonds is 5. The van der Waals surface area contributed by atoms with Crippen molar-refractivity contribution in [3.63, 3.8) is 0 Å². The first-order valence-corrected chi connectivity index (χ1v) is 10.3. The Morgan fingerprint density at radius 3 is 2.57 bits per heavy atom. The van der Waals surface area contributed by atoms with E-state index in [4.69, 9.17) is 9.72 Å². The van der Waals surface area contributed by atoms with Crippen molar-refractivity contribution in [3.8, 4) is 5.75 Å². The molecular formula is C24H28N4O2. The number of amides is 1. The number of para-hydroxylation sites is 1. The van der Waals surface area contributed by atoms with E-state index in [0.717, 1.165) is 65.5 Å². The zero-order valence-electron chi connectivity index (χ0n) is 17.8. The van der Waals surface area contributed by atoms with Gasteiger partial charge in [-0.3, -0.25) is 4.79 Å². The van der Waals surface area contributed by atoms with E-state index in [1.54, 1.807) is 0 Å². The largest absolute Gasteiger partial charge is 0.483 e. The first-order chi connectivity index (χ1) is 14.5. The number of likely N-dealkylation sites (N-methyl/N-ethyl adjacent to an activating group) is 1. The number of pyridine rings is 1. The summed E-state index contributed by atoms with van der Waals surface area (Å²) >= 11 is 0. The van der Waals surface area contributed by atoms with Gasteiger partial charge in [-0.15, -0.1) is 0 Å². The predicted molar refractivity (Wildman–Crippen MR) is 121 cm³/mol. The zero-order valence-corrected chi connectivity index (χ0v) is 17.8. The number of carbonyl (C=O) groups is 1. The van der Waals surface area contributed by atoms with Gasteiger partial charge in [0.2, 0.25) is 0 Å². The summed E-state index contributed by atoms with van der Waals surface area (Å²) in [6.45, 7) is 8.11. The zero-order chi connectivity index (χ0) is 21.1. The Bertz CT molecular complexity index is 1060. The van der Waals surface area contributed by atoms with Crippen molar-refractivity contribution in [1.82, 2.24) is 9.88 Å². The first-order valence-electron chi connectivity index (χ1n) is 10.3. The Kier molecular flexibility index (Phi) is 5.86. The first kappa shape index (κ1) is 20.2. The van der Waals surface area contributed by atoms with Crippen LogP contribution < -0.4 is 15.0 Å². The molecule has 30 heavy (non-hydrogen) atoms. The Morgan fingerprint density at radius 2 is 1.80 bits per heavy atom. The van der Waals surface area contributed by atoms with Crippen molar-refractivity contribution in [1.29, 1.82) is 0 Å². The van der Waals surface area contributed by atoms with Crippen LogP contribution in [0, 0.1) is 13.8 Å². The maximum absolute atomic E-state index is 12.3. The van der Waals surface area contributed by atoms with Crippen molar-refractivity contribution in [2.45, 2.75) is 13.8 Å². The van der Waals surface area contributed by atoms with Crippen molar-refractivity contribution < 1.29 is 9.53 Å². The molecule has 4 rings (SSSR count). The molecule has 0 atom stereocenters. The van der Waals surface area contributed by atoms with E-state index in [0.29, 0.717) is 0 Å². The minimum atomic E-state index is -0.183. The van der Waals surface area contributed by atoms with E-state index in [1.807, 2.05) is 49.4 Å². The fourth-order valence-corrected chi connectivity index (χ4v) is 3.71. The highest BCUT2D eigenvalue weighted by Gasteiger charge is 2.16. The highest BCUT2D eigenvalue weighted by molar-refractivity contribution is 5.95. The second-order valence-electron chi connectivity index (χ2n) is 7.92. The molecule has 0 aliphatic carbocycles. The van der Waals surface area contributed by atoms with Crippen LogP contribution in [0.1, 0.15) is 11.1 Å². The van der Waals surface area contributed by atoms with Gasteiger partial charge < -0.3 is 19.9 Å². The standard InChI is InChI=1S/C24H28N4O2/c1-17-6-4-5-7-22(17)30-16-24(29)25-19-8-9-21-20(15-19)18(2)14-23(26-21)28-12-10-27(3)11-13-28/h4-9,14-15H,10-13,16H2,1-3H3,(H,25,29). The van der Waals surface area contributed by atoms with E-state index in [-0.39, 0.29) is 12.5 Å². The molecule has 1 amide bonds. The molecular weight excluding hydrogens is 376 g/mol. The van der Waals surface area contributed by atoms with Crippen LogP contribution in [-0.2, 0) is 4.79 Å². The molecule has 1 aromatic heterocycles. The third kappa shape index (κ3) is 4.54. The second kappa shape index (κ2) is 8.71. The summed E-state index contributed by atoms with van der Waals surface area (Å²) in [6.07, 6.45) is 0. The summed E-state index contributed by atoms with van der Waals surface area (Å²) in [6, 6.07) is 15.7. The van der Waals surface area contributed by atoms with Gasteiger partial charge >= 0.3 is 0 Å². The molecule has 0 unspecified atom stereocenters. The summed E-state index contributed by atoms with van der Waals surface area (Å²) in [7, 11) is 2.15. The number of carbonyl (C=O) groups excluding carboxylic acids is 1. The van der Waals surface area contributed by atoms with Gasteiger partial charge in [0.05, 0.1) is 5.52 Å². The van der Waals surface area contributed by atoms with Crippen LogP contribution in [0.5, 0.6) is 5.75 Å². The minimum Gasteiger partial charge on any atom is -0.483 e. The number of piperazine rings is 1. The molecule has 2 aromatic carbocycles. The van der Waals surface area contributed by atoms with E-state index in [1.165, 1.54) is 0 Å². The molecule has 3 aromatic rings. The molecule has 156 valence electrons. The highest BCUT2D eigenvalue weighted by Crippen LogP contribution is 2.26. The topological polar surface area (TPSA) is 57.7 Å². The third-order valence-corrected chi connectivity index (χ3v) is 5.57. The number of hydrogen-bond donors (Lipinski definition) is 1. The molecule has 0 radical (unpaired) electrons. The smallest absolute Gasteiger partial charge is 0.262 e. The molecule has 1 N–H and O–H groups in total. The van der Waals surface area contributed by atoms with Gasteiger partial charge in [-0.05, 0) is 62.4 Å². The fraction of sp³-hybridized carbons (Fsp3) is 0.333. The number of nitrogens with one attached hydrogen (secondary N) is 1. The lowest BCUT2D eigenvalue weighted by atomic mass is 10.1. The van der Waals surface area contributed by atoms with E-state index < -0.39 is 0 Å². The monoisotopic (exact) mass is 404 g/mol. The summed E-state index contributed by atoms with van der Waals surface area (Å²) in [5, 5.41) is 3.97. The minimum absolute atomic E-state index is 0.0253. The average Bonchev–Trinajstić information content (AvgIpc) is 2.74. The molecule has 0 bridgehead atoms. The van der Waals surface area contributed by atoms with Crippen LogP contribution in [0.3, 0.4) is 0 Å². The molecule has 6 heteroatoms. The molecule has 0 saturated carbocycles. The Hall–Kier alpha value is -3.12. The third-order valence-electron chi connectivity index (χ3n) is 5.57. The Labute approximate surface area is 177 Å². The van der Waals surface area contributed by atoms with E-state index in [9.17, 15) is 4.79 Å². The van der Waals surface area contributed by atoms with Gasteiger partial charge in [0.25, 0.3) is 5.91 Å². The molecule has 2 heterocycles. The second-order valence-corrected chi connectivity index (χ2v) is 7.92. The van der Waals surface area contributed by atoms with Gasteiger partial charge in [0.15, 0.2) is 6.61 Å². The number of benzene rings is 2. The number of aryl methyl sites for hydroxylation is 2. The van der Waals surface area contributed by atoms with Crippen molar-refractivity contribution in [2.75, 3.05) is 50.1 Å². The van der Waals surface area contributed by atoms with Crippen molar-refractivity contribution in [2.24, 2.45) is 0 Å².